The molecule has 1 aromatic carbocycles. The summed E-state index contributed by atoms with van der Waals surface area (Å²) in [5, 5.41) is 8.75. The number of hydrogen-bond donors (Lipinski definition) is 0. The van der Waals surface area contributed by atoms with Crippen LogP contribution >= 0.6 is 0 Å². The molecule has 0 atom stereocenters. The van der Waals surface area contributed by atoms with Gasteiger partial charge in [-0.15, -0.1) is 0 Å². The normalized spacial score (nSPS) is 15.6. The van der Waals surface area contributed by atoms with Crippen molar-refractivity contribution < 1.29 is 9.53 Å². The summed E-state index contributed by atoms with van der Waals surface area (Å²) in [6.07, 6.45) is 4.15. The van der Waals surface area contributed by atoms with Gasteiger partial charge >= 0.3 is 0 Å². The molecule has 1 aromatic rings. The summed E-state index contributed by atoms with van der Waals surface area (Å²) >= 11 is 0. The van der Waals surface area contributed by atoms with Gasteiger partial charge in [0, 0.05) is 18.3 Å². The lowest BCUT2D eigenvalue weighted by atomic mass is 10.1. The molecule has 0 aliphatic heterocycles. The zero-order chi connectivity index (χ0) is 13.7. The highest BCUT2D eigenvalue weighted by molar-refractivity contribution is 5.75. The van der Waals surface area contributed by atoms with Crippen LogP contribution in [0, 0.1) is 16.7 Å². The van der Waals surface area contributed by atoms with Crippen LogP contribution in [0.4, 0.5) is 0 Å². The first kappa shape index (κ1) is 13.6. The van der Waals surface area contributed by atoms with Crippen LogP contribution in [0.15, 0.2) is 24.3 Å². The second-order valence-electron chi connectivity index (χ2n) is 5.47. The fourth-order valence-electron chi connectivity index (χ4n) is 2.03. The smallest absolute Gasteiger partial charge is 0.130 e. The van der Waals surface area contributed by atoms with E-state index < -0.39 is 0 Å². The maximum Gasteiger partial charge on any atom is 0.130 e. The van der Waals surface area contributed by atoms with Crippen molar-refractivity contribution in [3.8, 4) is 11.8 Å². The Bertz CT molecular complexity index is 480. The third-order valence-electron chi connectivity index (χ3n) is 3.65. The van der Waals surface area contributed by atoms with Gasteiger partial charge in [0.1, 0.15) is 11.5 Å². The Morgan fingerprint density at radius 3 is 2.58 bits per heavy atom. The molecule has 0 bridgehead atoms. The number of aryl methyl sites for hydroxylation is 1. The molecule has 0 amide bonds. The molecule has 3 nitrogen and oxygen atoms in total. The number of ketones is 1. The molecule has 1 aliphatic carbocycles. The van der Waals surface area contributed by atoms with E-state index >= 15 is 0 Å². The van der Waals surface area contributed by atoms with Gasteiger partial charge in [-0.1, -0.05) is 12.1 Å². The molecule has 19 heavy (non-hydrogen) atoms. The van der Waals surface area contributed by atoms with E-state index in [1.165, 1.54) is 0 Å². The van der Waals surface area contributed by atoms with Gasteiger partial charge in [-0.3, -0.25) is 0 Å². The number of carbonyl (C=O) groups is 1. The molecule has 0 saturated heterocycles. The predicted octanol–water partition coefficient (Wildman–Crippen LogP) is 3.28. The molecule has 0 unspecified atom stereocenters. The summed E-state index contributed by atoms with van der Waals surface area (Å²) in [4.78, 5) is 10.9. The third-order valence-corrected chi connectivity index (χ3v) is 3.65. The van der Waals surface area contributed by atoms with Crippen molar-refractivity contribution in [2.45, 2.75) is 39.0 Å². The summed E-state index contributed by atoms with van der Waals surface area (Å²) in [6.45, 7) is 2.25. The summed E-state index contributed by atoms with van der Waals surface area (Å²) in [7, 11) is 0. The zero-order valence-electron chi connectivity index (χ0n) is 11.3. The molecule has 3 heteroatoms. The second kappa shape index (κ2) is 5.88. The van der Waals surface area contributed by atoms with Crippen molar-refractivity contribution in [3.05, 3.63) is 29.8 Å². The Balaban J connectivity index is 1.82. The number of Topliss-reactive ketones (excluding diaryl/α,β-unsaturated/α-hetero) is 1. The van der Waals surface area contributed by atoms with Crippen molar-refractivity contribution in [1.82, 2.24) is 0 Å². The Kier molecular flexibility index (Phi) is 4.21. The lowest BCUT2D eigenvalue weighted by molar-refractivity contribution is -0.116. The topological polar surface area (TPSA) is 50.1 Å². The quantitative estimate of drug-likeness (QED) is 0.753. The molecule has 0 N–H and O–H groups in total. The second-order valence-corrected chi connectivity index (χ2v) is 5.47. The Morgan fingerprint density at radius 2 is 2.05 bits per heavy atom. The molecule has 0 heterocycles. The molecule has 2 rings (SSSR count). The van der Waals surface area contributed by atoms with E-state index in [9.17, 15) is 4.79 Å². The van der Waals surface area contributed by atoms with Gasteiger partial charge in [-0.2, -0.15) is 5.26 Å². The standard InChI is InChI=1S/C16H19NO2/c1-13(18)2-3-14-4-6-15(7-5-14)19-12-16(8-9-16)10-11-17/h4-7H,2-3,8-10,12H2,1H3. The minimum atomic E-state index is 0.113. The summed E-state index contributed by atoms with van der Waals surface area (Å²) in [5.74, 6) is 1.06. The first-order valence-corrected chi connectivity index (χ1v) is 6.72. The van der Waals surface area contributed by atoms with Crippen molar-refractivity contribution >= 4 is 5.78 Å². The highest BCUT2D eigenvalue weighted by atomic mass is 16.5. The largest absolute Gasteiger partial charge is 0.493 e. The molecular weight excluding hydrogens is 238 g/mol. The predicted molar refractivity (Wildman–Crippen MR) is 72.8 cm³/mol. The highest BCUT2D eigenvalue weighted by Crippen LogP contribution is 2.48. The Morgan fingerprint density at radius 1 is 1.37 bits per heavy atom. The molecule has 0 radical (unpaired) electrons. The van der Waals surface area contributed by atoms with Crippen LogP contribution in [0.5, 0.6) is 5.75 Å². The molecule has 0 aromatic heterocycles. The van der Waals surface area contributed by atoms with Gasteiger partial charge in [0.15, 0.2) is 0 Å². The third kappa shape index (κ3) is 4.10. The van der Waals surface area contributed by atoms with Crippen LogP contribution < -0.4 is 4.74 Å². The van der Waals surface area contributed by atoms with Gasteiger partial charge in [0.05, 0.1) is 12.7 Å². The lowest BCUT2D eigenvalue weighted by Gasteiger charge is -2.13. The van der Waals surface area contributed by atoms with Gasteiger partial charge in [0.25, 0.3) is 0 Å². The Labute approximate surface area is 114 Å². The number of rotatable bonds is 7. The van der Waals surface area contributed by atoms with E-state index in [0.29, 0.717) is 19.4 Å². The molecule has 100 valence electrons. The number of ether oxygens (including phenoxy) is 1. The lowest BCUT2D eigenvalue weighted by Crippen LogP contribution is -2.12. The average Bonchev–Trinajstić information content (AvgIpc) is 3.16. The van der Waals surface area contributed by atoms with Crippen LogP contribution in [-0.4, -0.2) is 12.4 Å². The first-order valence-electron chi connectivity index (χ1n) is 6.72. The number of nitrogens with zero attached hydrogens (tertiary/aromatic N) is 1. The fourth-order valence-corrected chi connectivity index (χ4v) is 2.03. The SMILES string of the molecule is CC(=O)CCc1ccc(OCC2(CC#N)CC2)cc1. The van der Waals surface area contributed by atoms with Crippen LogP contribution in [0.3, 0.4) is 0 Å². The van der Waals surface area contributed by atoms with E-state index in [2.05, 4.69) is 6.07 Å². The number of hydrogen-bond acceptors (Lipinski definition) is 3. The molecule has 1 aliphatic rings. The van der Waals surface area contributed by atoms with Crippen LogP contribution in [0.2, 0.25) is 0 Å². The van der Waals surface area contributed by atoms with Crippen molar-refractivity contribution in [3.63, 3.8) is 0 Å². The monoisotopic (exact) mass is 257 g/mol. The average molecular weight is 257 g/mol. The van der Waals surface area contributed by atoms with Crippen molar-refractivity contribution in [2.75, 3.05) is 6.61 Å². The first-order chi connectivity index (χ1) is 9.13. The maximum absolute atomic E-state index is 10.9. The molecule has 1 saturated carbocycles. The number of benzene rings is 1. The van der Waals surface area contributed by atoms with Crippen LogP contribution in [0.25, 0.3) is 0 Å². The minimum Gasteiger partial charge on any atom is -0.493 e. The molecule has 1 fully saturated rings. The minimum absolute atomic E-state index is 0.113. The summed E-state index contributed by atoms with van der Waals surface area (Å²) in [6, 6.07) is 10.1. The summed E-state index contributed by atoms with van der Waals surface area (Å²) < 4.78 is 5.75. The van der Waals surface area contributed by atoms with E-state index in [1.54, 1.807) is 6.92 Å². The number of nitriles is 1. The molecule has 0 spiro atoms. The van der Waals surface area contributed by atoms with Gasteiger partial charge in [0.2, 0.25) is 0 Å². The summed E-state index contributed by atoms with van der Waals surface area (Å²) in [5.41, 5.74) is 1.27. The van der Waals surface area contributed by atoms with E-state index in [0.717, 1.165) is 30.6 Å². The van der Waals surface area contributed by atoms with Crippen molar-refractivity contribution in [1.29, 1.82) is 5.26 Å². The van der Waals surface area contributed by atoms with Crippen LogP contribution in [-0.2, 0) is 11.2 Å². The van der Waals surface area contributed by atoms with Gasteiger partial charge in [-0.25, -0.2) is 0 Å². The van der Waals surface area contributed by atoms with E-state index in [-0.39, 0.29) is 11.2 Å². The number of carbonyl (C=O) groups excluding carboxylic acids is 1. The van der Waals surface area contributed by atoms with E-state index in [4.69, 9.17) is 10.00 Å². The highest BCUT2D eigenvalue weighted by Gasteiger charge is 2.43. The fraction of sp³-hybridized carbons (Fsp3) is 0.500. The maximum atomic E-state index is 10.9. The van der Waals surface area contributed by atoms with Crippen molar-refractivity contribution in [2.24, 2.45) is 5.41 Å². The zero-order valence-corrected chi connectivity index (χ0v) is 11.3. The molecular formula is C16H19NO2. The van der Waals surface area contributed by atoms with Gasteiger partial charge < -0.3 is 9.53 Å². The van der Waals surface area contributed by atoms with Crippen LogP contribution in [0.1, 0.15) is 38.2 Å². The van der Waals surface area contributed by atoms with E-state index in [1.807, 2.05) is 24.3 Å². The Hall–Kier alpha value is -1.82. The van der Waals surface area contributed by atoms with Gasteiger partial charge in [-0.05, 0) is 43.9 Å².